The summed E-state index contributed by atoms with van der Waals surface area (Å²) in [5.74, 6) is 1.02. The average molecular weight is 419 g/mol. The minimum Gasteiger partial charge on any atom is -0.380 e. The number of H-pyrrole nitrogens is 1. The molecule has 1 fully saturated rings. The fraction of sp³-hybridized carbons (Fsp3) is 0.350. The van der Waals surface area contributed by atoms with Crippen molar-refractivity contribution in [3.8, 4) is 0 Å². The molecule has 6 nitrogen and oxygen atoms in total. The van der Waals surface area contributed by atoms with Crippen LogP contribution in [0.5, 0.6) is 0 Å². The first-order chi connectivity index (χ1) is 13.6. The fourth-order valence-corrected chi connectivity index (χ4v) is 4.19. The molecule has 0 saturated heterocycles. The van der Waals surface area contributed by atoms with Crippen molar-refractivity contribution >= 4 is 45.8 Å². The van der Waals surface area contributed by atoms with E-state index in [1.165, 1.54) is 25.2 Å². The van der Waals surface area contributed by atoms with E-state index in [1.54, 1.807) is 13.2 Å². The van der Waals surface area contributed by atoms with Gasteiger partial charge < -0.3 is 15.0 Å². The van der Waals surface area contributed by atoms with Crippen LogP contribution in [0.4, 0.5) is 5.69 Å². The number of carbonyl (C=O) groups excluding carboxylic acids is 1. The third-order valence-corrected chi connectivity index (χ3v) is 5.70. The number of anilines is 1. The second-order valence-corrected chi connectivity index (χ2v) is 7.78. The van der Waals surface area contributed by atoms with E-state index in [-0.39, 0.29) is 16.0 Å². The highest BCUT2D eigenvalue weighted by Gasteiger charge is 2.24. The molecule has 1 aliphatic rings. The van der Waals surface area contributed by atoms with Crippen LogP contribution in [0.3, 0.4) is 0 Å². The molecule has 4 rings (SSSR count). The van der Waals surface area contributed by atoms with Gasteiger partial charge in [-0.15, -0.1) is 0 Å². The highest BCUT2D eigenvalue weighted by Crippen LogP contribution is 2.35. The van der Waals surface area contributed by atoms with Crippen LogP contribution in [0.2, 0.25) is 10.0 Å². The number of rotatable bonds is 5. The van der Waals surface area contributed by atoms with Gasteiger partial charge in [0.1, 0.15) is 11.3 Å². The fourth-order valence-electron chi connectivity index (χ4n) is 3.73. The monoisotopic (exact) mass is 418 g/mol. The minimum absolute atomic E-state index is 0.279. The molecule has 0 bridgehead atoms. The second kappa shape index (κ2) is 8.07. The van der Waals surface area contributed by atoms with Crippen molar-refractivity contribution in [3.05, 3.63) is 51.5 Å². The molecule has 3 aromatic rings. The van der Waals surface area contributed by atoms with E-state index in [4.69, 9.17) is 32.9 Å². The number of carbonyl (C=O) groups is 1. The molecule has 2 heterocycles. The van der Waals surface area contributed by atoms with E-state index in [0.29, 0.717) is 29.3 Å². The first-order valence-corrected chi connectivity index (χ1v) is 9.95. The van der Waals surface area contributed by atoms with E-state index in [9.17, 15) is 4.79 Å². The number of nitrogens with one attached hydrogen (secondary N) is 2. The molecule has 1 aliphatic carbocycles. The lowest BCUT2D eigenvalue weighted by molar-refractivity contribution is 0.102. The molecule has 2 aromatic heterocycles. The van der Waals surface area contributed by atoms with Crippen molar-refractivity contribution < 1.29 is 9.53 Å². The Morgan fingerprint density at radius 3 is 2.64 bits per heavy atom. The highest BCUT2D eigenvalue weighted by atomic mass is 35.5. The third kappa shape index (κ3) is 3.60. The molecule has 146 valence electrons. The molecule has 2 N–H and O–H groups in total. The molecule has 0 unspecified atom stereocenters. The normalized spacial score (nSPS) is 14.7. The molecule has 28 heavy (non-hydrogen) atoms. The zero-order valence-electron chi connectivity index (χ0n) is 15.4. The third-order valence-electron chi connectivity index (χ3n) is 5.13. The van der Waals surface area contributed by atoms with E-state index in [0.717, 1.165) is 29.7 Å². The molecule has 1 saturated carbocycles. The summed E-state index contributed by atoms with van der Waals surface area (Å²) in [5, 5.41) is 3.35. The van der Waals surface area contributed by atoms with Gasteiger partial charge in [0, 0.05) is 31.0 Å². The van der Waals surface area contributed by atoms with Gasteiger partial charge in [0.2, 0.25) is 0 Å². The van der Waals surface area contributed by atoms with Crippen molar-refractivity contribution in [3.63, 3.8) is 0 Å². The Kier molecular flexibility index (Phi) is 5.53. The van der Waals surface area contributed by atoms with Crippen LogP contribution in [-0.2, 0) is 11.3 Å². The van der Waals surface area contributed by atoms with Crippen LogP contribution < -0.4 is 5.32 Å². The number of imidazole rings is 1. The van der Waals surface area contributed by atoms with Crippen LogP contribution in [0.15, 0.2) is 24.5 Å². The van der Waals surface area contributed by atoms with Crippen molar-refractivity contribution in [1.29, 1.82) is 0 Å². The van der Waals surface area contributed by atoms with Gasteiger partial charge in [-0.1, -0.05) is 42.1 Å². The average Bonchev–Trinajstić information content (AvgIpc) is 3.34. The van der Waals surface area contributed by atoms with Gasteiger partial charge in [-0.25, -0.2) is 4.98 Å². The van der Waals surface area contributed by atoms with E-state index >= 15 is 0 Å². The summed E-state index contributed by atoms with van der Waals surface area (Å²) in [6.45, 7) is 0.437. The number of halogens is 2. The molecule has 0 spiro atoms. The number of methoxy groups -OCH3 is 1. The largest absolute Gasteiger partial charge is 0.380 e. The van der Waals surface area contributed by atoms with Crippen molar-refractivity contribution in [2.45, 2.75) is 38.2 Å². The Hall–Kier alpha value is -2.15. The number of aromatic amines is 1. The molecule has 1 aromatic carbocycles. The number of aromatic nitrogens is 3. The molecule has 8 heteroatoms. The highest BCUT2D eigenvalue weighted by molar-refractivity contribution is 6.39. The number of benzene rings is 1. The summed E-state index contributed by atoms with van der Waals surface area (Å²) < 4.78 is 5.31. The molecular formula is C20H20Cl2N4O2. The van der Waals surface area contributed by atoms with E-state index in [1.807, 2.05) is 6.07 Å². The molecule has 0 aliphatic heterocycles. The number of amides is 1. The minimum atomic E-state index is -0.326. The van der Waals surface area contributed by atoms with Crippen LogP contribution in [-0.4, -0.2) is 28.0 Å². The van der Waals surface area contributed by atoms with Crippen LogP contribution in [0, 0.1) is 0 Å². The maximum atomic E-state index is 13.0. The summed E-state index contributed by atoms with van der Waals surface area (Å²) in [6, 6.07) is 3.64. The molecular weight excluding hydrogens is 399 g/mol. The Morgan fingerprint density at radius 1 is 1.25 bits per heavy atom. The second-order valence-electron chi connectivity index (χ2n) is 6.96. The Labute approximate surface area is 172 Å². The van der Waals surface area contributed by atoms with Crippen molar-refractivity contribution in [2.75, 3.05) is 12.4 Å². The summed E-state index contributed by atoms with van der Waals surface area (Å²) in [5.41, 5.74) is 3.23. The zero-order valence-corrected chi connectivity index (χ0v) is 16.9. The lowest BCUT2D eigenvalue weighted by Gasteiger charge is -2.10. The van der Waals surface area contributed by atoms with E-state index < -0.39 is 0 Å². The number of pyridine rings is 1. The van der Waals surface area contributed by atoms with Gasteiger partial charge in [-0.3, -0.25) is 9.78 Å². The Bertz CT molecular complexity index is 1010. The van der Waals surface area contributed by atoms with Crippen LogP contribution in [0.25, 0.3) is 11.0 Å². The van der Waals surface area contributed by atoms with Crippen LogP contribution in [0.1, 0.15) is 53.3 Å². The molecule has 0 atom stereocenters. The van der Waals surface area contributed by atoms with Gasteiger partial charge >= 0.3 is 0 Å². The summed E-state index contributed by atoms with van der Waals surface area (Å²) in [6.07, 6.45) is 7.52. The predicted octanol–water partition coefficient (Wildman–Crippen LogP) is 5.32. The molecule has 0 radical (unpaired) electrons. The zero-order chi connectivity index (χ0) is 19.7. The van der Waals surface area contributed by atoms with Crippen molar-refractivity contribution in [2.24, 2.45) is 0 Å². The lowest BCUT2D eigenvalue weighted by atomic mass is 10.1. The topological polar surface area (TPSA) is 79.9 Å². The first kappa shape index (κ1) is 19.2. The van der Waals surface area contributed by atoms with Gasteiger partial charge in [-0.2, -0.15) is 0 Å². The quantitative estimate of drug-likeness (QED) is 0.587. The summed E-state index contributed by atoms with van der Waals surface area (Å²) in [7, 11) is 1.65. The number of ether oxygens (including phenoxy) is 1. The number of hydrogen-bond acceptors (Lipinski definition) is 4. The van der Waals surface area contributed by atoms with Crippen molar-refractivity contribution in [1.82, 2.24) is 15.0 Å². The Morgan fingerprint density at radius 2 is 1.96 bits per heavy atom. The lowest BCUT2D eigenvalue weighted by Crippen LogP contribution is -2.13. The summed E-state index contributed by atoms with van der Waals surface area (Å²) >= 11 is 12.3. The van der Waals surface area contributed by atoms with E-state index in [2.05, 4.69) is 15.3 Å². The number of nitrogens with zero attached hydrogens (tertiary/aromatic N) is 2. The van der Waals surface area contributed by atoms with Gasteiger partial charge in [0.05, 0.1) is 33.4 Å². The first-order valence-electron chi connectivity index (χ1n) is 9.19. The smallest absolute Gasteiger partial charge is 0.258 e. The summed E-state index contributed by atoms with van der Waals surface area (Å²) in [4.78, 5) is 25.1. The van der Waals surface area contributed by atoms with Gasteiger partial charge in [-0.05, 0) is 18.9 Å². The van der Waals surface area contributed by atoms with Gasteiger partial charge in [0.15, 0.2) is 0 Å². The van der Waals surface area contributed by atoms with Gasteiger partial charge in [0.25, 0.3) is 5.91 Å². The maximum absolute atomic E-state index is 13.0. The Balaban J connectivity index is 1.75. The standard InChI is InChI=1S/C20H20Cl2N4O2/c1-28-10-12-6-7-13(20(27)26-18-14(21)8-23-9-15(18)22)17-16(12)24-19(25-17)11-4-2-3-5-11/h6-9,11H,2-5,10H2,1H3,(H,24,25)(H,23,26,27). The SMILES string of the molecule is COCc1ccc(C(=O)Nc2c(Cl)cncc2Cl)c2nc(C3CCCC3)[nH]c12. The predicted molar refractivity (Wildman–Crippen MR) is 110 cm³/mol. The maximum Gasteiger partial charge on any atom is 0.258 e. The number of fused-ring (bicyclic) bond motifs is 1. The van der Waals surface area contributed by atoms with Crippen LogP contribution >= 0.6 is 23.2 Å². The molecule has 1 amide bonds. The number of hydrogen-bond donors (Lipinski definition) is 2.